The van der Waals surface area contributed by atoms with Gasteiger partial charge in [0.15, 0.2) is 0 Å². The average molecular weight is 328 g/mol. The molecule has 1 heterocycles. The Morgan fingerprint density at radius 1 is 1.30 bits per heavy atom. The van der Waals surface area contributed by atoms with Crippen molar-refractivity contribution in [3.05, 3.63) is 58.1 Å². The summed E-state index contributed by atoms with van der Waals surface area (Å²) in [5.41, 5.74) is 3.60. The first kappa shape index (κ1) is 15.5. The highest BCUT2D eigenvalue weighted by Crippen LogP contribution is 2.40. The molecular weight excluding hydrogens is 312 g/mol. The van der Waals surface area contributed by atoms with Crippen molar-refractivity contribution < 1.29 is 19.7 Å². The Hall–Kier alpha value is -2.40. The topological polar surface area (TPSA) is 66.8 Å². The van der Waals surface area contributed by atoms with E-state index in [0.717, 1.165) is 16.7 Å². The third-order valence-corrected chi connectivity index (χ3v) is 4.35. The van der Waals surface area contributed by atoms with E-state index in [4.69, 9.17) is 22.1 Å². The summed E-state index contributed by atoms with van der Waals surface area (Å²) in [4.78, 5) is 11.5. The van der Waals surface area contributed by atoms with Gasteiger partial charge < -0.3 is 14.9 Å². The van der Waals surface area contributed by atoms with Crippen LogP contribution in [-0.4, -0.2) is 27.7 Å². The molecular formula is C18H16O4S. The molecule has 2 aromatic rings. The van der Waals surface area contributed by atoms with Gasteiger partial charge in [0.2, 0.25) is 0 Å². The molecule has 5 heteroatoms. The molecule has 0 radical (unpaired) electrons. The van der Waals surface area contributed by atoms with Crippen molar-refractivity contribution in [3.8, 4) is 11.5 Å². The zero-order valence-electron chi connectivity index (χ0n) is 12.6. The average Bonchev–Trinajstić information content (AvgIpc) is 2.95. The first-order valence-electron chi connectivity index (χ1n) is 7.31. The number of carbonyl (C=O) groups is 1. The number of carboxylic acid groups (broad SMARTS) is 1. The van der Waals surface area contributed by atoms with Gasteiger partial charge in [-0.3, -0.25) is 4.79 Å². The summed E-state index contributed by atoms with van der Waals surface area (Å²) < 4.78 is 5.64. The summed E-state index contributed by atoms with van der Waals surface area (Å²) >= 11 is 5.54. The number of thiocarbonyl (C=S) groups is 1. The summed E-state index contributed by atoms with van der Waals surface area (Å²) in [6.07, 6.45) is 0.439. The predicted molar refractivity (Wildman–Crippen MR) is 90.6 cm³/mol. The van der Waals surface area contributed by atoms with Crippen LogP contribution in [0.15, 0.2) is 30.3 Å². The lowest BCUT2D eigenvalue weighted by atomic mass is 9.95. The number of hydrogen-bond donors (Lipinski definition) is 2. The third kappa shape index (κ3) is 2.92. The lowest BCUT2D eigenvalue weighted by molar-refractivity contribution is -0.136. The van der Waals surface area contributed by atoms with Crippen LogP contribution in [0.25, 0.3) is 0 Å². The standard InChI is InChI=1S/C18H16O4S/c1-10-2-4-11(5-3-10)18(23)15-16(21)13(9-14(19)20)8-12-6-7-22-17(12)15/h2-5,8,21H,6-7,9H2,1H3,(H,19,20). The van der Waals surface area contributed by atoms with Gasteiger partial charge in [0.05, 0.1) is 23.5 Å². The second kappa shape index (κ2) is 6.01. The van der Waals surface area contributed by atoms with E-state index < -0.39 is 5.97 Å². The molecule has 0 fully saturated rings. The van der Waals surface area contributed by atoms with E-state index in [0.29, 0.717) is 34.8 Å². The van der Waals surface area contributed by atoms with Crippen LogP contribution in [0.2, 0.25) is 0 Å². The number of fused-ring (bicyclic) bond motifs is 1. The summed E-state index contributed by atoms with van der Waals surface area (Å²) in [6.45, 7) is 2.49. The number of aromatic hydroxyl groups is 1. The van der Waals surface area contributed by atoms with Crippen LogP contribution in [0.1, 0.15) is 27.8 Å². The SMILES string of the molecule is Cc1ccc(C(=S)c2c(O)c(CC(=O)O)cc3c2OCC3)cc1. The zero-order chi connectivity index (χ0) is 16.6. The van der Waals surface area contributed by atoms with E-state index in [-0.39, 0.29) is 12.2 Å². The van der Waals surface area contributed by atoms with Crippen molar-refractivity contribution >= 4 is 23.1 Å². The Balaban J connectivity index is 2.13. The number of phenols is 1. The molecule has 0 atom stereocenters. The van der Waals surface area contributed by atoms with Gasteiger partial charge in [-0.1, -0.05) is 42.0 Å². The normalized spacial score (nSPS) is 12.6. The molecule has 0 saturated carbocycles. The second-order valence-corrected chi connectivity index (χ2v) is 6.02. The summed E-state index contributed by atoms with van der Waals surface area (Å²) in [5, 5.41) is 19.6. The molecule has 0 aromatic heterocycles. The first-order chi connectivity index (χ1) is 11.0. The van der Waals surface area contributed by atoms with Gasteiger partial charge in [0.25, 0.3) is 0 Å². The molecule has 0 unspecified atom stereocenters. The summed E-state index contributed by atoms with van der Waals surface area (Å²) in [6, 6.07) is 9.37. The van der Waals surface area contributed by atoms with E-state index >= 15 is 0 Å². The third-order valence-electron chi connectivity index (χ3n) is 3.91. The van der Waals surface area contributed by atoms with Crippen LogP contribution >= 0.6 is 12.2 Å². The molecule has 0 saturated heterocycles. The number of phenolic OH excluding ortho intramolecular Hbond substituents is 1. The molecule has 23 heavy (non-hydrogen) atoms. The highest BCUT2D eigenvalue weighted by Gasteiger charge is 2.26. The van der Waals surface area contributed by atoms with Gasteiger partial charge in [-0.15, -0.1) is 0 Å². The number of aliphatic carboxylic acids is 1. The Labute approximate surface area is 139 Å². The molecule has 0 spiro atoms. The molecule has 1 aliphatic heterocycles. The molecule has 1 aliphatic rings. The maximum Gasteiger partial charge on any atom is 0.307 e. The molecule has 2 N–H and O–H groups in total. The first-order valence-corrected chi connectivity index (χ1v) is 7.72. The fourth-order valence-corrected chi connectivity index (χ4v) is 3.07. The smallest absolute Gasteiger partial charge is 0.307 e. The van der Waals surface area contributed by atoms with Crippen LogP contribution in [0.3, 0.4) is 0 Å². The van der Waals surface area contributed by atoms with E-state index in [1.54, 1.807) is 6.07 Å². The number of hydrogen-bond acceptors (Lipinski definition) is 4. The van der Waals surface area contributed by atoms with Gasteiger partial charge >= 0.3 is 5.97 Å². The number of ether oxygens (including phenoxy) is 1. The minimum absolute atomic E-state index is 0.0985. The Kier molecular flexibility index (Phi) is 4.05. The fraction of sp³-hybridized carbons (Fsp3) is 0.222. The second-order valence-electron chi connectivity index (χ2n) is 5.61. The van der Waals surface area contributed by atoms with E-state index in [1.165, 1.54) is 0 Å². The lowest BCUT2D eigenvalue weighted by Gasteiger charge is -2.15. The van der Waals surface area contributed by atoms with Gasteiger partial charge in [-0.05, 0) is 24.1 Å². The van der Waals surface area contributed by atoms with Crippen LogP contribution in [0, 0.1) is 6.92 Å². The monoisotopic (exact) mass is 328 g/mol. The van der Waals surface area contributed by atoms with Crippen molar-refractivity contribution in [2.24, 2.45) is 0 Å². The van der Waals surface area contributed by atoms with Gasteiger partial charge in [-0.2, -0.15) is 0 Å². The lowest BCUT2D eigenvalue weighted by Crippen LogP contribution is -2.07. The fourth-order valence-electron chi connectivity index (χ4n) is 2.74. The zero-order valence-corrected chi connectivity index (χ0v) is 13.4. The van der Waals surface area contributed by atoms with Crippen LogP contribution in [-0.2, 0) is 17.6 Å². The molecule has 0 amide bonds. The highest BCUT2D eigenvalue weighted by atomic mass is 32.1. The van der Waals surface area contributed by atoms with Crippen molar-refractivity contribution in [3.63, 3.8) is 0 Å². The molecule has 4 nitrogen and oxygen atoms in total. The van der Waals surface area contributed by atoms with Gasteiger partial charge in [0.1, 0.15) is 11.5 Å². The Bertz CT molecular complexity index is 794. The molecule has 3 rings (SSSR count). The Morgan fingerprint density at radius 2 is 2.00 bits per heavy atom. The minimum atomic E-state index is -0.994. The summed E-state index contributed by atoms with van der Waals surface area (Å²) in [5.74, 6) is -0.521. The molecule has 2 aromatic carbocycles. The number of carboxylic acids is 1. The highest BCUT2D eigenvalue weighted by molar-refractivity contribution is 7.81. The van der Waals surface area contributed by atoms with E-state index in [9.17, 15) is 9.90 Å². The van der Waals surface area contributed by atoms with Gasteiger partial charge in [0, 0.05) is 12.0 Å². The van der Waals surface area contributed by atoms with E-state index in [2.05, 4.69) is 0 Å². The van der Waals surface area contributed by atoms with Crippen LogP contribution in [0.4, 0.5) is 0 Å². The van der Waals surface area contributed by atoms with Crippen molar-refractivity contribution in [2.75, 3.05) is 6.61 Å². The van der Waals surface area contributed by atoms with Crippen molar-refractivity contribution in [1.82, 2.24) is 0 Å². The number of aryl methyl sites for hydroxylation is 1. The maximum atomic E-state index is 11.0. The molecule has 0 bridgehead atoms. The molecule has 118 valence electrons. The largest absolute Gasteiger partial charge is 0.507 e. The quantitative estimate of drug-likeness (QED) is 0.667. The van der Waals surface area contributed by atoms with Crippen molar-refractivity contribution in [1.29, 1.82) is 0 Å². The summed E-state index contributed by atoms with van der Waals surface area (Å²) in [7, 11) is 0. The predicted octanol–water partition coefficient (Wildman–Crippen LogP) is 3.03. The maximum absolute atomic E-state index is 11.0. The van der Waals surface area contributed by atoms with Crippen LogP contribution < -0.4 is 4.74 Å². The van der Waals surface area contributed by atoms with Gasteiger partial charge in [-0.25, -0.2) is 0 Å². The minimum Gasteiger partial charge on any atom is -0.507 e. The molecule has 0 aliphatic carbocycles. The van der Waals surface area contributed by atoms with Crippen molar-refractivity contribution in [2.45, 2.75) is 19.8 Å². The van der Waals surface area contributed by atoms with Crippen LogP contribution in [0.5, 0.6) is 11.5 Å². The van der Waals surface area contributed by atoms with E-state index in [1.807, 2.05) is 31.2 Å². The number of rotatable bonds is 4. The Morgan fingerprint density at radius 3 is 2.65 bits per heavy atom. The number of benzene rings is 2.